The number of phenolic OH excluding ortho intramolecular Hbond substituents is 1. The molecule has 1 N–H and O–H groups in total. The van der Waals surface area contributed by atoms with Crippen LogP contribution in [0.25, 0.3) is 0 Å². The van der Waals surface area contributed by atoms with E-state index >= 15 is 0 Å². The molecule has 0 unspecified atom stereocenters. The number of hydrogen-bond donors (Lipinski definition) is 1. The predicted molar refractivity (Wildman–Crippen MR) is 151 cm³/mol. The van der Waals surface area contributed by atoms with Crippen molar-refractivity contribution in [1.29, 1.82) is 0 Å². The van der Waals surface area contributed by atoms with Crippen LogP contribution in [-0.4, -0.2) is 100 Å². The Kier molecular flexibility index (Phi) is 7.87. The molecule has 0 spiro atoms. The molecule has 0 radical (unpaired) electrons. The summed E-state index contributed by atoms with van der Waals surface area (Å²) in [4.78, 5) is 34.3. The van der Waals surface area contributed by atoms with E-state index in [1.54, 1.807) is 17.9 Å². The lowest BCUT2D eigenvalue weighted by Crippen LogP contribution is -2.63. The molecule has 3 fully saturated rings. The minimum absolute atomic E-state index is 0.0267. The second-order valence-corrected chi connectivity index (χ2v) is 11.8. The standard InChI is InChI=1S/C31H42N4O4/c1-5-39-30(38)33-16-14-32(15-17-33)29(37)25-10-6-8-23(18-25)28(24-9-7-11-27(36)19-24)35-20-22(2)34(26-12-13-26)21-31(35,3)4/h6-11,18-19,22,26,28,36H,5,12-17,20-21H2,1-4H3/t22-,28-/m1/s1. The van der Waals surface area contributed by atoms with Crippen LogP contribution in [-0.2, 0) is 4.74 Å². The summed E-state index contributed by atoms with van der Waals surface area (Å²) in [6.07, 6.45) is 2.25. The van der Waals surface area contributed by atoms with Gasteiger partial charge in [-0.25, -0.2) is 4.79 Å². The normalized spacial score (nSPS) is 22.9. The molecular weight excluding hydrogens is 492 g/mol. The van der Waals surface area contributed by atoms with Crippen LogP contribution in [0.15, 0.2) is 48.5 Å². The van der Waals surface area contributed by atoms with Crippen molar-refractivity contribution in [2.24, 2.45) is 0 Å². The summed E-state index contributed by atoms with van der Waals surface area (Å²) in [5, 5.41) is 10.4. The Bertz CT molecular complexity index is 1190. The van der Waals surface area contributed by atoms with Crippen LogP contribution in [0.5, 0.6) is 5.75 Å². The third-order valence-electron chi connectivity index (χ3n) is 8.43. The number of ether oxygens (including phenoxy) is 1. The third kappa shape index (κ3) is 5.92. The first-order valence-electron chi connectivity index (χ1n) is 14.3. The van der Waals surface area contributed by atoms with Gasteiger partial charge in [-0.3, -0.25) is 14.6 Å². The SMILES string of the molecule is CCOC(=O)N1CCN(C(=O)c2cccc([C@H](c3cccc(O)c3)N3C[C@@H](C)N(C4CC4)CC3(C)C)c2)CC1. The molecule has 3 aliphatic rings. The molecule has 2 aromatic rings. The zero-order chi connectivity index (χ0) is 27.7. The molecule has 8 nitrogen and oxygen atoms in total. The van der Waals surface area contributed by atoms with Gasteiger partial charge in [0.15, 0.2) is 0 Å². The Morgan fingerprint density at radius 2 is 1.64 bits per heavy atom. The summed E-state index contributed by atoms with van der Waals surface area (Å²) in [5.41, 5.74) is 2.60. The number of benzene rings is 2. The van der Waals surface area contributed by atoms with Gasteiger partial charge in [0.2, 0.25) is 0 Å². The average Bonchev–Trinajstić information content (AvgIpc) is 3.76. The van der Waals surface area contributed by atoms with Crippen LogP contribution in [0.4, 0.5) is 4.79 Å². The summed E-state index contributed by atoms with van der Waals surface area (Å²) in [6, 6.07) is 16.5. The van der Waals surface area contributed by atoms with Gasteiger partial charge in [0, 0.05) is 62.5 Å². The number of phenols is 1. The fraction of sp³-hybridized carbons (Fsp3) is 0.548. The first-order chi connectivity index (χ1) is 18.7. The van der Waals surface area contributed by atoms with E-state index in [0.29, 0.717) is 50.4 Å². The van der Waals surface area contributed by atoms with Crippen molar-refractivity contribution in [2.45, 2.75) is 64.2 Å². The Hall–Kier alpha value is -3.10. The Morgan fingerprint density at radius 1 is 1.00 bits per heavy atom. The van der Waals surface area contributed by atoms with Gasteiger partial charge < -0.3 is 19.6 Å². The van der Waals surface area contributed by atoms with E-state index in [4.69, 9.17) is 4.74 Å². The topological polar surface area (TPSA) is 76.6 Å². The van der Waals surface area contributed by atoms with Gasteiger partial charge in [-0.05, 0) is 75.9 Å². The maximum Gasteiger partial charge on any atom is 0.409 e. The van der Waals surface area contributed by atoms with Gasteiger partial charge in [0.05, 0.1) is 12.6 Å². The van der Waals surface area contributed by atoms with Gasteiger partial charge in [-0.1, -0.05) is 24.3 Å². The first-order valence-corrected chi connectivity index (χ1v) is 14.3. The molecule has 8 heteroatoms. The van der Waals surface area contributed by atoms with Crippen molar-refractivity contribution in [1.82, 2.24) is 19.6 Å². The second-order valence-electron chi connectivity index (χ2n) is 11.8. The third-order valence-corrected chi connectivity index (χ3v) is 8.43. The smallest absolute Gasteiger partial charge is 0.409 e. The highest BCUT2D eigenvalue weighted by atomic mass is 16.6. The lowest BCUT2D eigenvalue weighted by Gasteiger charge is -2.53. The summed E-state index contributed by atoms with van der Waals surface area (Å²) < 4.78 is 5.12. The van der Waals surface area contributed by atoms with E-state index in [2.05, 4.69) is 42.7 Å². The maximum atomic E-state index is 13.6. The molecule has 2 saturated heterocycles. The number of aromatic hydroxyl groups is 1. The quantitative estimate of drug-likeness (QED) is 0.594. The molecule has 2 amide bonds. The van der Waals surface area contributed by atoms with Crippen LogP contribution >= 0.6 is 0 Å². The molecule has 0 aromatic heterocycles. The fourth-order valence-corrected chi connectivity index (χ4v) is 6.26. The molecule has 39 heavy (non-hydrogen) atoms. The molecule has 2 heterocycles. The van der Waals surface area contributed by atoms with E-state index < -0.39 is 0 Å². The molecule has 1 saturated carbocycles. The molecule has 0 bridgehead atoms. The molecule has 210 valence electrons. The van der Waals surface area contributed by atoms with Crippen molar-refractivity contribution in [3.8, 4) is 5.75 Å². The fourth-order valence-electron chi connectivity index (χ4n) is 6.26. The second kappa shape index (κ2) is 11.2. The number of carbonyl (C=O) groups is 2. The number of hydrogen-bond acceptors (Lipinski definition) is 6. The van der Waals surface area contributed by atoms with Gasteiger partial charge in [-0.15, -0.1) is 0 Å². The molecular formula is C31H42N4O4. The molecule has 1 aliphatic carbocycles. The summed E-state index contributed by atoms with van der Waals surface area (Å²) in [5.74, 6) is 0.216. The van der Waals surface area contributed by atoms with Crippen molar-refractivity contribution in [3.05, 3.63) is 65.2 Å². The first kappa shape index (κ1) is 27.5. The summed E-state index contributed by atoms with van der Waals surface area (Å²) in [6.45, 7) is 12.8. The van der Waals surface area contributed by atoms with Crippen LogP contribution < -0.4 is 0 Å². The van der Waals surface area contributed by atoms with Crippen LogP contribution in [0.2, 0.25) is 0 Å². The van der Waals surface area contributed by atoms with Gasteiger partial charge in [-0.2, -0.15) is 0 Å². The van der Waals surface area contributed by atoms with Crippen molar-refractivity contribution in [2.75, 3.05) is 45.9 Å². The lowest BCUT2D eigenvalue weighted by molar-refractivity contribution is -0.0340. The minimum atomic E-state index is -0.320. The highest BCUT2D eigenvalue weighted by molar-refractivity contribution is 5.94. The number of piperazine rings is 2. The van der Waals surface area contributed by atoms with Crippen molar-refractivity contribution in [3.63, 3.8) is 0 Å². The predicted octanol–water partition coefficient (Wildman–Crippen LogP) is 4.34. The number of amides is 2. The van der Waals surface area contributed by atoms with Crippen molar-refractivity contribution >= 4 is 12.0 Å². The lowest BCUT2D eigenvalue weighted by atomic mass is 9.87. The van der Waals surface area contributed by atoms with Gasteiger partial charge in [0.1, 0.15) is 5.75 Å². The van der Waals surface area contributed by atoms with E-state index in [1.807, 2.05) is 35.2 Å². The molecule has 2 aromatic carbocycles. The minimum Gasteiger partial charge on any atom is -0.508 e. The summed E-state index contributed by atoms with van der Waals surface area (Å²) in [7, 11) is 0. The van der Waals surface area contributed by atoms with Crippen LogP contribution in [0.3, 0.4) is 0 Å². The number of nitrogens with zero attached hydrogens (tertiary/aromatic N) is 4. The highest BCUT2D eigenvalue weighted by Gasteiger charge is 2.45. The Labute approximate surface area is 232 Å². The zero-order valence-corrected chi connectivity index (χ0v) is 23.7. The molecule has 5 rings (SSSR count). The average molecular weight is 535 g/mol. The highest BCUT2D eigenvalue weighted by Crippen LogP contribution is 2.41. The van der Waals surface area contributed by atoms with Crippen LogP contribution in [0, 0.1) is 0 Å². The largest absolute Gasteiger partial charge is 0.508 e. The number of rotatable bonds is 6. The zero-order valence-electron chi connectivity index (χ0n) is 23.7. The van der Waals surface area contributed by atoms with E-state index in [0.717, 1.165) is 24.2 Å². The number of carbonyl (C=O) groups excluding carboxylic acids is 2. The van der Waals surface area contributed by atoms with Gasteiger partial charge in [0.25, 0.3) is 5.91 Å². The van der Waals surface area contributed by atoms with E-state index in [9.17, 15) is 14.7 Å². The molecule has 2 atom stereocenters. The van der Waals surface area contributed by atoms with Crippen LogP contribution in [0.1, 0.15) is 68.1 Å². The van der Waals surface area contributed by atoms with Gasteiger partial charge >= 0.3 is 6.09 Å². The molecule has 2 aliphatic heterocycles. The van der Waals surface area contributed by atoms with E-state index in [-0.39, 0.29) is 29.3 Å². The summed E-state index contributed by atoms with van der Waals surface area (Å²) >= 11 is 0. The monoisotopic (exact) mass is 534 g/mol. The van der Waals surface area contributed by atoms with E-state index in [1.165, 1.54) is 12.8 Å². The maximum absolute atomic E-state index is 13.6. The van der Waals surface area contributed by atoms with Crippen molar-refractivity contribution < 1.29 is 19.4 Å². The Morgan fingerprint density at radius 3 is 2.28 bits per heavy atom. The Balaban J connectivity index is 1.41.